The first-order chi connectivity index (χ1) is 10.8. The second-order valence-corrected chi connectivity index (χ2v) is 5.20. The van der Waals surface area contributed by atoms with Gasteiger partial charge in [-0.2, -0.15) is 0 Å². The molecule has 0 aliphatic rings. The number of fused-ring (bicyclic) bond motifs is 1. The van der Waals surface area contributed by atoms with Gasteiger partial charge in [-0.05, 0) is 36.4 Å². The number of halogens is 1. The van der Waals surface area contributed by atoms with Gasteiger partial charge in [-0.1, -0.05) is 12.1 Å². The Kier molecular flexibility index (Phi) is 3.16. The smallest absolute Gasteiger partial charge is 0.226 e. The van der Waals surface area contributed by atoms with E-state index in [1.54, 1.807) is 6.26 Å². The van der Waals surface area contributed by atoms with Crippen LogP contribution in [0.4, 0.5) is 0 Å². The van der Waals surface area contributed by atoms with Crippen molar-refractivity contribution in [3.05, 3.63) is 66.8 Å². The lowest BCUT2D eigenvalue weighted by Gasteiger charge is -2.04. The van der Waals surface area contributed by atoms with Crippen molar-refractivity contribution in [2.75, 3.05) is 0 Å². The minimum atomic E-state index is 0.350. The molecule has 0 aliphatic carbocycles. The fourth-order valence-electron chi connectivity index (χ4n) is 2.43. The first kappa shape index (κ1) is 13.1. The van der Waals surface area contributed by atoms with Gasteiger partial charge >= 0.3 is 0 Å². The van der Waals surface area contributed by atoms with Crippen molar-refractivity contribution in [2.45, 2.75) is 5.88 Å². The Morgan fingerprint density at radius 2 is 1.86 bits per heavy atom. The molecule has 0 amide bonds. The van der Waals surface area contributed by atoms with E-state index in [4.69, 9.17) is 16.0 Å². The first-order valence-corrected chi connectivity index (χ1v) is 7.42. The largest absolute Gasteiger partial charge is 0.444 e. The van der Waals surface area contributed by atoms with E-state index in [9.17, 15) is 0 Å². The standard InChI is InChI=1S/C17H12ClN3O/c18-9-13-10-22-17(20-13)12-5-7-14(8-6-12)21-11-19-15-3-1-2-4-16(15)21/h1-8,10-11H,9H2. The van der Waals surface area contributed by atoms with Gasteiger partial charge in [0.25, 0.3) is 0 Å². The van der Waals surface area contributed by atoms with Gasteiger partial charge in [0, 0.05) is 11.3 Å². The molecule has 0 unspecified atom stereocenters. The molecular formula is C17H12ClN3O. The molecule has 5 heteroatoms. The number of alkyl halides is 1. The molecule has 0 N–H and O–H groups in total. The lowest BCUT2D eigenvalue weighted by molar-refractivity contribution is 0.573. The van der Waals surface area contributed by atoms with Gasteiger partial charge in [-0.15, -0.1) is 11.6 Å². The average molecular weight is 310 g/mol. The summed E-state index contributed by atoms with van der Waals surface area (Å²) < 4.78 is 7.48. The van der Waals surface area contributed by atoms with Gasteiger partial charge in [0.2, 0.25) is 5.89 Å². The average Bonchev–Trinajstić information content (AvgIpc) is 3.22. The zero-order valence-corrected chi connectivity index (χ0v) is 12.4. The highest BCUT2D eigenvalue weighted by Crippen LogP contribution is 2.23. The highest BCUT2D eigenvalue weighted by atomic mass is 35.5. The van der Waals surface area contributed by atoms with Crippen molar-refractivity contribution in [1.82, 2.24) is 14.5 Å². The van der Waals surface area contributed by atoms with Crippen LogP contribution in [-0.4, -0.2) is 14.5 Å². The molecule has 2 aromatic heterocycles. The predicted molar refractivity (Wildman–Crippen MR) is 86.1 cm³/mol. The highest BCUT2D eigenvalue weighted by molar-refractivity contribution is 6.16. The summed E-state index contributed by atoms with van der Waals surface area (Å²) in [5, 5.41) is 0. The Labute approximate surface area is 132 Å². The normalized spacial score (nSPS) is 11.1. The topological polar surface area (TPSA) is 43.9 Å². The lowest BCUT2D eigenvalue weighted by Crippen LogP contribution is -1.91. The number of hydrogen-bond acceptors (Lipinski definition) is 3. The number of rotatable bonds is 3. The molecule has 0 spiro atoms. The minimum absolute atomic E-state index is 0.350. The number of benzene rings is 2. The van der Waals surface area contributed by atoms with Crippen LogP contribution in [0, 0.1) is 0 Å². The number of aromatic nitrogens is 3. The van der Waals surface area contributed by atoms with Crippen molar-refractivity contribution < 1.29 is 4.42 Å². The molecule has 22 heavy (non-hydrogen) atoms. The van der Waals surface area contributed by atoms with Crippen molar-refractivity contribution >= 4 is 22.6 Å². The highest BCUT2D eigenvalue weighted by Gasteiger charge is 2.08. The van der Waals surface area contributed by atoms with Gasteiger partial charge in [0.05, 0.1) is 22.6 Å². The summed E-state index contributed by atoms with van der Waals surface area (Å²) in [7, 11) is 0. The summed E-state index contributed by atoms with van der Waals surface area (Å²) >= 11 is 5.74. The number of nitrogens with zero attached hydrogens (tertiary/aromatic N) is 3. The van der Waals surface area contributed by atoms with Crippen LogP contribution in [-0.2, 0) is 5.88 Å². The van der Waals surface area contributed by atoms with Crippen LogP contribution in [0.2, 0.25) is 0 Å². The van der Waals surface area contributed by atoms with Crippen molar-refractivity contribution in [3.63, 3.8) is 0 Å². The SMILES string of the molecule is ClCc1coc(-c2ccc(-n3cnc4ccccc43)cc2)n1. The second-order valence-electron chi connectivity index (χ2n) is 4.93. The lowest BCUT2D eigenvalue weighted by atomic mass is 10.2. The molecule has 108 valence electrons. The van der Waals surface area contributed by atoms with E-state index >= 15 is 0 Å². The van der Waals surface area contributed by atoms with Crippen LogP contribution in [0.1, 0.15) is 5.69 Å². The first-order valence-electron chi connectivity index (χ1n) is 6.88. The summed E-state index contributed by atoms with van der Waals surface area (Å²) in [6.07, 6.45) is 3.41. The number of hydrogen-bond donors (Lipinski definition) is 0. The third-order valence-corrected chi connectivity index (χ3v) is 3.81. The zero-order chi connectivity index (χ0) is 14.9. The molecule has 0 radical (unpaired) electrons. The van der Waals surface area contributed by atoms with Crippen molar-refractivity contribution in [1.29, 1.82) is 0 Å². The number of para-hydroxylation sites is 2. The number of oxazole rings is 1. The van der Waals surface area contributed by atoms with E-state index in [-0.39, 0.29) is 0 Å². The molecule has 4 aromatic rings. The minimum Gasteiger partial charge on any atom is -0.444 e. The molecule has 0 saturated carbocycles. The summed E-state index contributed by atoms with van der Waals surface area (Å²) in [5.74, 6) is 0.931. The summed E-state index contributed by atoms with van der Waals surface area (Å²) in [6, 6.07) is 16.1. The molecule has 2 aromatic carbocycles. The Morgan fingerprint density at radius 1 is 1.05 bits per heavy atom. The van der Waals surface area contributed by atoms with Crippen LogP contribution in [0.5, 0.6) is 0 Å². The Hall–Kier alpha value is -2.59. The maximum atomic E-state index is 5.74. The quantitative estimate of drug-likeness (QED) is 0.526. The van der Waals surface area contributed by atoms with Gasteiger partial charge in [-0.3, -0.25) is 4.57 Å². The van der Waals surface area contributed by atoms with E-state index in [1.807, 2.05) is 48.8 Å². The molecule has 4 nitrogen and oxygen atoms in total. The third-order valence-electron chi connectivity index (χ3n) is 3.53. The number of imidazole rings is 1. The van der Waals surface area contributed by atoms with Gasteiger partial charge in [0.1, 0.15) is 12.6 Å². The third kappa shape index (κ3) is 2.18. The van der Waals surface area contributed by atoms with Crippen molar-refractivity contribution in [2.24, 2.45) is 0 Å². The van der Waals surface area contributed by atoms with Crippen LogP contribution in [0.25, 0.3) is 28.2 Å². The van der Waals surface area contributed by atoms with E-state index in [0.717, 1.165) is 28.0 Å². The molecule has 0 atom stereocenters. The molecule has 4 rings (SSSR count). The fraction of sp³-hybridized carbons (Fsp3) is 0.0588. The van der Waals surface area contributed by atoms with E-state index < -0.39 is 0 Å². The summed E-state index contributed by atoms with van der Waals surface area (Å²) in [5.41, 5.74) is 4.76. The van der Waals surface area contributed by atoms with Crippen molar-refractivity contribution in [3.8, 4) is 17.1 Å². The van der Waals surface area contributed by atoms with E-state index in [0.29, 0.717) is 11.8 Å². The second kappa shape index (κ2) is 5.31. The maximum Gasteiger partial charge on any atom is 0.226 e. The predicted octanol–water partition coefficient (Wildman–Crippen LogP) is 4.42. The van der Waals surface area contributed by atoms with E-state index in [2.05, 4.69) is 20.6 Å². The molecule has 0 aliphatic heterocycles. The Morgan fingerprint density at radius 3 is 2.64 bits per heavy atom. The molecular weight excluding hydrogens is 298 g/mol. The van der Waals surface area contributed by atoms with Crippen LogP contribution >= 0.6 is 11.6 Å². The van der Waals surface area contributed by atoms with Gasteiger partial charge < -0.3 is 4.42 Å². The Bertz CT molecular complexity index is 924. The summed E-state index contributed by atoms with van der Waals surface area (Å²) in [6.45, 7) is 0. The fourth-order valence-corrected chi connectivity index (χ4v) is 2.55. The van der Waals surface area contributed by atoms with Crippen LogP contribution in [0.15, 0.2) is 65.5 Å². The molecule has 0 saturated heterocycles. The van der Waals surface area contributed by atoms with Gasteiger partial charge in [0.15, 0.2) is 0 Å². The van der Waals surface area contributed by atoms with Crippen LogP contribution < -0.4 is 0 Å². The molecule has 2 heterocycles. The molecule has 0 fully saturated rings. The van der Waals surface area contributed by atoms with Gasteiger partial charge in [-0.25, -0.2) is 9.97 Å². The molecule has 0 bridgehead atoms. The van der Waals surface area contributed by atoms with Crippen LogP contribution in [0.3, 0.4) is 0 Å². The summed E-state index contributed by atoms with van der Waals surface area (Å²) in [4.78, 5) is 8.73. The Balaban J connectivity index is 1.72. The zero-order valence-electron chi connectivity index (χ0n) is 11.6. The van der Waals surface area contributed by atoms with E-state index in [1.165, 1.54) is 0 Å². The maximum absolute atomic E-state index is 5.74. The monoisotopic (exact) mass is 309 g/mol.